The predicted molar refractivity (Wildman–Crippen MR) is 50.8 cm³/mol. The van der Waals surface area contributed by atoms with E-state index in [0.29, 0.717) is 0 Å². The van der Waals surface area contributed by atoms with Crippen molar-refractivity contribution in [3.8, 4) is 0 Å². The standard InChI is InChI=1S/C10H14S.Ag/c1-10(2,3)8-4-6-9(11)7-5-8;/h4-7,11H,1-3H3;/q;+1/p-1. The molecule has 0 fully saturated rings. The summed E-state index contributed by atoms with van der Waals surface area (Å²) in [6.07, 6.45) is 0. The molecule has 0 saturated carbocycles. The van der Waals surface area contributed by atoms with Crippen molar-refractivity contribution in [2.75, 3.05) is 0 Å². The van der Waals surface area contributed by atoms with Crippen LogP contribution in [0.1, 0.15) is 26.3 Å². The van der Waals surface area contributed by atoms with Crippen LogP contribution in [0.2, 0.25) is 0 Å². The topological polar surface area (TPSA) is 0 Å². The van der Waals surface area contributed by atoms with Gasteiger partial charge in [0.15, 0.2) is 0 Å². The van der Waals surface area contributed by atoms with E-state index in [1.165, 1.54) is 5.56 Å². The Morgan fingerprint density at radius 1 is 1.00 bits per heavy atom. The third-order valence-electron chi connectivity index (χ3n) is 1.72. The van der Waals surface area contributed by atoms with Gasteiger partial charge >= 0.3 is 22.4 Å². The van der Waals surface area contributed by atoms with Crippen LogP contribution >= 0.6 is 0 Å². The van der Waals surface area contributed by atoms with Crippen LogP contribution in [0.4, 0.5) is 0 Å². The third-order valence-corrected chi connectivity index (χ3v) is 1.99. The van der Waals surface area contributed by atoms with Crippen LogP contribution in [-0.4, -0.2) is 0 Å². The van der Waals surface area contributed by atoms with Crippen molar-refractivity contribution in [2.45, 2.75) is 31.1 Å². The summed E-state index contributed by atoms with van der Waals surface area (Å²) in [7, 11) is 0. The molecule has 0 atom stereocenters. The fourth-order valence-corrected chi connectivity index (χ4v) is 1.09. The second-order valence-corrected chi connectivity index (χ2v) is 4.25. The minimum atomic E-state index is 0. The first-order valence-electron chi connectivity index (χ1n) is 3.78. The van der Waals surface area contributed by atoms with Gasteiger partial charge in [-0.05, 0) is 11.0 Å². The molecule has 0 aliphatic carbocycles. The minimum Gasteiger partial charge on any atom is -0.780 e. The molecule has 0 nitrogen and oxygen atoms in total. The van der Waals surface area contributed by atoms with Gasteiger partial charge in [0.2, 0.25) is 0 Å². The van der Waals surface area contributed by atoms with Crippen molar-refractivity contribution in [3.63, 3.8) is 0 Å². The number of hydrogen-bond acceptors (Lipinski definition) is 1. The van der Waals surface area contributed by atoms with Crippen molar-refractivity contribution in [3.05, 3.63) is 29.8 Å². The largest absolute Gasteiger partial charge is 1.00 e. The van der Waals surface area contributed by atoms with E-state index in [1.807, 2.05) is 12.1 Å². The van der Waals surface area contributed by atoms with E-state index < -0.39 is 0 Å². The van der Waals surface area contributed by atoms with Crippen molar-refractivity contribution in [2.24, 2.45) is 0 Å². The summed E-state index contributed by atoms with van der Waals surface area (Å²) in [4.78, 5) is 0.915. The monoisotopic (exact) mass is 272 g/mol. The van der Waals surface area contributed by atoms with Crippen LogP contribution in [0.25, 0.3) is 0 Å². The average molecular weight is 273 g/mol. The van der Waals surface area contributed by atoms with E-state index in [9.17, 15) is 0 Å². The van der Waals surface area contributed by atoms with Gasteiger partial charge in [-0.3, -0.25) is 0 Å². The zero-order chi connectivity index (χ0) is 8.48. The Morgan fingerprint density at radius 2 is 1.42 bits per heavy atom. The molecule has 0 aromatic heterocycles. The summed E-state index contributed by atoms with van der Waals surface area (Å²) in [5, 5.41) is 0. The average Bonchev–Trinajstić information content (AvgIpc) is 1.86. The van der Waals surface area contributed by atoms with Gasteiger partial charge in [-0.1, -0.05) is 45.0 Å². The molecular weight excluding hydrogens is 260 g/mol. The molecule has 1 aromatic carbocycles. The minimum absolute atomic E-state index is 0. The van der Waals surface area contributed by atoms with Gasteiger partial charge in [-0.2, -0.15) is 4.90 Å². The maximum absolute atomic E-state index is 4.99. The first kappa shape index (κ1) is 12.2. The first-order valence-corrected chi connectivity index (χ1v) is 4.18. The molecular formula is C10H13AgS. The summed E-state index contributed by atoms with van der Waals surface area (Å²) >= 11 is 4.99. The zero-order valence-electron chi connectivity index (χ0n) is 7.52. The van der Waals surface area contributed by atoms with Crippen LogP contribution < -0.4 is 0 Å². The Hall–Kier alpha value is 0.180. The summed E-state index contributed by atoms with van der Waals surface area (Å²) in [5.41, 5.74) is 1.58. The Labute approximate surface area is 95.7 Å². The maximum Gasteiger partial charge on any atom is 1.00 e. The van der Waals surface area contributed by atoms with Gasteiger partial charge in [-0.25, -0.2) is 0 Å². The van der Waals surface area contributed by atoms with Gasteiger partial charge in [0.25, 0.3) is 0 Å². The Kier molecular flexibility index (Phi) is 4.49. The normalized spacial score (nSPS) is 10.6. The maximum atomic E-state index is 4.99. The second kappa shape index (κ2) is 4.43. The molecule has 0 bridgehead atoms. The van der Waals surface area contributed by atoms with Gasteiger partial charge in [0.05, 0.1) is 0 Å². The molecule has 0 heterocycles. The van der Waals surface area contributed by atoms with E-state index >= 15 is 0 Å². The Balaban J connectivity index is 0.00000121. The van der Waals surface area contributed by atoms with Crippen molar-refractivity contribution in [1.29, 1.82) is 0 Å². The molecule has 0 saturated heterocycles. The summed E-state index contributed by atoms with van der Waals surface area (Å²) in [6, 6.07) is 8.16. The van der Waals surface area contributed by atoms with E-state index in [-0.39, 0.29) is 27.8 Å². The summed E-state index contributed by atoms with van der Waals surface area (Å²) in [5.74, 6) is 0. The van der Waals surface area contributed by atoms with Crippen LogP contribution in [0.3, 0.4) is 0 Å². The van der Waals surface area contributed by atoms with Crippen molar-refractivity contribution >= 4 is 12.6 Å². The molecule has 12 heavy (non-hydrogen) atoms. The van der Waals surface area contributed by atoms with E-state index in [4.69, 9.17) is 12.6 Å². The molecule has 0 N–H and O–H groups in total. The molecule has 1 rings (SSSR count). The van der Waals surface area contributed by atoms with Crippen molar-refractivity contribution < 1.29 is 22.4 Å². The molecule has 0 unspecified atom stereocenters. The van der Waals surface area contributed by atoms with E-state index in [1.54, 1.807) is 0 Å². The van der Waals surface area contributed by atoms with E-state index in [2.05, 4.69) is 32.9 Å². The quantitative estimate of drug-likeness (QED) is 0.517. The molecule has 0 amide bonds. The summed E-state index contributed by atoms with van der Waals surface area (Å²) in [6.45, 7) is 6.60. The smallest absolute Gasteiger partial charge is 0.780 e. The van der Waals surface area contributed by atoms with E-state index in [0.717, 1.165) is 4.90 Å². The predicted octanol–water partition coefficient (Wildman–Crippen LogP) is 2.89. The molecule has 70 valence electrons. The molecule has 0 spiro atoms. The molecule has 0 radical (unpaired) electrons. The first-order chi connectivity index (χ1) is 5.00. The molecule has 2 heteroatoms. The molecule has 0 aliphatic rings. The Morgan fingerprint density at radius 3 is 1.75 bits per heavy atom. The van der Waals surface area contributed by atoms with Crippen LogP contribution in [-0.2, 0) is 40.4 Å². The fraction of sp³-hybridized carbons (Fsp3) is 0.400. The number of hydrogen-bond donors (Lipinski definition) is 0. The van der Waals surface area contributed by atoms with Gasteiger partial charge < -0.3 is 12.6 Å². The van der Waals surface area contributed by atoms with Gasteiger partial charge in [0, 0.05) is 0 Å². The fourth-order valence-electron chi connectivity index (χ4n) is 0.955. The second-order valence-electron chi connectivity index (χ2n) is 3.77. The third kappa shape index (κ3) is 3.28. The number of rotatable bonds is 0. The summed E-state index contributed by atoms with van der Waals surface area (Å²) < 4.78 is 0. The molecule has 0 aliphatic heterocycles. The van der Waals surface area contributed by atoms with Gasteiger partial charge in [0.1, 0.15) is 0 Å². The van der Waals surface area contributed by atoms with Crippen LogP contribution in [0, 0.1) is 0 Å². The van der Waals surface area contributed by atoms with Crippen molar-refractivity contribution in [1.82, 2.24) is 0 Å². The van der Waals surface area contributed by atoms with Gasteiger partial charge in [-0.15, -0.1) is 0 Å². The van der Waals surface area contributed by atoms with Crippen LogP contribution in [0.5, 0.6) is 0 Å². The SMILES string of the molecule is CC(C)(C)c1ccc([S-])cc1.[Ag+]. The van der Waals surface area contributed by atoms with Crippen LogP contribution in [0.15, 0.2) is 29.2 Å². The Bertz CT molecular complexity index is 233. The number of benzene rings is 1. The molecule has 1 aromatic rings. The zero-order valence-corrected chi connectivity index (χ0v) is 9.82.